The van der Waals surface area contributed by atoms with E-state index < -0.39 is 5.60 Å². The molecule has 100 valence electrons. The third-order valence-corrected chi connectivity index (χ3v) is 4.50. The van der Waals surface area contributed by atoms with Gasteiger partial charge in [0.2, 0.25) is 0 Å². The highest BCUT2D eigenvalue weighted by Gasteiger charge is 2.37. The molecule has 0 atom stereocenters. The van der Waals surface area contributed by atoms with E-state index in [2.05, 4.69) is 43.0 Å². The molecule has 0 spiro atoms. The summed E-state index contributed by atoms with van der Waals surface area (Å²) in [6.07, 6.45) is 3.96. The van der Waals surface area contributed by atoms with Gasteiger partial charge >= 0.3 is 0 Å². The Balaban J connectivity index is 1.99. The van der Waals surface area contributed by atoms with Crippen LogP contribution in [0.2, 0.25) is 0 Å². The smallest absolute Gasteiger partial charge is 0.0709 e. The van der Waals surface area contributed by atoms with Crippen molar-refractivity contribution in [1.29, 1.82) is 0 Å². The Morgan fingerprint density at radius 1 is 1.11 bits per heavy atom. The number of hydrogen-bond acceptors (Lipinski definition) is 2. The first kappa shape index (κ1) is 13.4. The number of aliphatic hydroxyl groups is 1. The SMILES string of the molecule is CCC(CC)C1(O)CCN(c2ccccc2)CC1. The van der Waals surface area contributed by atoms with Gasteiger partial charge in [-0.05, 0) is 30.9 Å². The first-order valence-electron chi connectivity index (χ1n) is 7.22. The molecule has 1 aromatic carbocycles. The fourth-order valence-corrected chi connectivity index (χ4v) is 3.25. The Kier molecular flexibility index (Phi) is 4.28. The molecule has 1 aliphatic rings. The van der Waals surface area contributed by atoms with Crippen molar-refractivity contribution in [3.63, 3.8) is 0 Å². The molecule has 0 aliphatic carbocycles. The van der Waals surface area contributed by atoms with Gasteiger partial charge < -0.3 is 10.0 Å². The zero-order chi connectivity index (χ0) is 13.0. The fraction of sp³-hybridized carbons (Fsp3) is 0.625. The summed E-state index contributed by atoms with van der Waals surface area (Å²) in [6.45, 7) is 6.32. The molecule has 0 aromatic heterocycles. The third kappa shape index (κ3) is 2.69. The van der Waals surface area contributed by atoms with Gasteiger partial charge in [-0.3, -0.25) is 0 Å². The minimum atomic E-state index is -0.436. The van der Waals surface area contributed by atoms with Crippen LogP contribution in [-0.4, -0.2) is 23.8 Å². The van der Waals surface area contributed by atoms with E-state index in [9.17, 15) is 5.11 Å². The number of nitrogens with zero attached hydrogens (tertiary/aromatic N) is 1. The maximum atomic E-state index is 10.8. The first-order valence-corrected chi connectivity index (χ1v) is 7.22. The highest BCUT2D eigenvalue weighted by molar-refractivity contribution is 5.46. The molecule has 18 heavy (non-hydrogen) atoms. The molecule has 1 saturated heterocycles. The molecular weight excluding hydrogens is 222 g/mol. The third-order valence-electron chi connectivity index (χ3n) is 4.50. The van der Waals surface area contributed by atoms with Crippen LogP contribution < -0.4 is 4.90 Å². The van der Waals surface area contributed by atoms with E-state index in [4.69, 9.17) is 0 Å². The van der Waals surface area contributed by atoms with Gasteiger partial charge in [0.1, 0.15) is 0 Å². The van der Waals surface area contributed by atoms with Gasteiger partial charge in [0, 0.05) is 18.8 Å². The molecule has 0 radical (unpaired) electrons. The molecule has 1 aliphatic heterocycles. The molecule has 0 unspecified atom stereocenters. The van der Waals surface area contributed by atoms with E-state index in [1.54, 1.807) is 0 Å². The van der Waals surface area contributed by atoms with Gasteiger partial charge in [-0.25, -0.2) is 0 Å². The second kappa shape index (κ2) is 5.75. The van der Waals surface area contributed by atoms with Crippen LogP contribution in [0.15, 0.2) is 30.3 Å². The first-order chi connectivity index (χ1) is 8.69. The monoisotopic (exact) mass is 247 g/mol. The zero-order valence-corrected chi connectivity index (χ0v) is 11.6. The molecule has 1 fully saturated rings. The lowest BCUT2D eigenvalue weighted by Gasteiger charge is -2.43. The average Bonchev–Trinajstić information content (AvgIpc) is 2.42. The van der Waals surface area contributed by atoms with E-state index in [-0.39, 0.29) is 0 Å². The molecule has 1 aromatic rings. The van der Waals surface area contributed by atoms with Crippen LogP contribution in [0.5, 0.6) is 0 Å². The van der Waals surface area contributed by atoms with Gasteiger partial charge in [0.05, 0.1) is 5.60 Å². The highest BCUT2D eigenvalue weighted by Crippen LogP contribution is 2.35. The summed E-state index contributed by atoms with van der Waals surface area (Å²) < 4.78 is 0. The Labute approximate surface area is 111 Å². The zero-order valence-electron chi connectivity index (χ0n) is 11.6. The van der Waals surface area contributed by atoms with Crippen LogP contribution in [0, 0.1) is 5.92 Å². The van der Waals surface area contributed by atoms with Crippen molar-refractivity contribution in [2.24, 2.45) is 5.92 Å². The molecular formula is C16H25NO. The van der Waals surface area contributed by atoms with Crippen molar-refractivity contribution < 1.29 is 5.11 Å². The van der Waals surface area contributed by atoms with Crippen LogP contribution in [-0.2, 0) is 0 Å². The topological polar surface area (TPSA) is 23.5 Å². The Morgan fingerprint density at radius 3 is 2.17 bits per heavy atom. The van der Waals surface area contributed by atoms with Crippen LogP contribution in [0.4, 0.5) is 5.69 Å². The predicted octanol–water partition coefficient (Wildman–Crippen LogP) is 3.45. The maximum absolute atomic E-state index is 10.8. The average molecular weight is 247 g/mol. The molecule has 0 amide bonds. The van der Waals surface area contributed by atoms with Crippen LogP contribution in [0.1, 0.15) is 39.5 Å². The van der Waals surface area contributed by atoms with Gasteiger partial charge in [-0.15, -0.1) is 0 Å². The molecule has 0 bridgehead atoms. The van der Waals surface area contributed by atoms with Crippen molar-refractivity contribution in [3.05, 3.63) is 30.3 Å². The summed E-state index contributed by atoms with van der Waals surface area (Å²) in [5, 5.41) is 10.8. The summed E-state index contributed by atoms with van der Waals surface area (Å²) in [6, 6.07) is 10.5. The lowest BCUT2D eigenvalue weighted by atomic mass is 9.76. The van der Waals surface area contributed by atoms with Gasteiger partial charge in [-0.2, -0.15) is 0 Å². The van der Waals surface area contributed by atoms with Crippen molar-refractivity contribution in [2.75, 3.05) is 18.0 Å². The normalized spacial score (nSPS) is 19.2. The number of hydrogen-bond donors (Lipinski definition) is 1. The largest absolute Gasteiger partial charge is 0.389 e. The van der Waals surface area contributed by atoms with Gasteiger partial charge in [-0.1, -0.05) is 44.9 Å². The predicted molar refractivity (Wildman–Crippen MR) is 76.9 cm³/mol. The fourth-order valence-electron chi connectivity index (χ4n) is 3.25. The van der Waals surface area contributed by atoms with Gasteiger partial charge in [0.15, 0.2) is 0 Å². The molecule has 2 rings (SSSR count). The number of anilines is 1. The minimum absolute atomic E-state index is 0.436. The number of piperidine rings is 1. The summed E-state index contributed by atoms with van der Waals surface area (Å²) in [7, 11) is 0. The summed E-state index contributed by atoms with van der Waals surface area (Å²) >= 11 is 0. The standard InChI is InChI=1S/C16H25NO/c1-3-14(4-2)16(18)10-12-17(13-11-16)15-8-6-5-7-9-15/h5-9,14,18H,3-4,10-13H2,1-2H3. The van der Waals surface area contributed by atoms with Gasteiger partial charge in [0.25, 0.3) is 0 Å². The van der Waals surface area contributed by atoms with Crippen LogP contribution >= 0.6 is 0 Å². The van der Waals surface area contributed by atoms with Crippen LogP contribution in [0.25, 0.3) is 0 Å². The minimum Gasteiger partial charge on any atom is -0.389 e. The molecule has 1 N–H and O–H groups in total. The summed E-state index contributed by atoms with van der Waals surface area (Å²) in [4.78, 5) is 2.39. The lowest BCUT2D eigenvalue weighted by Crippen LogP contribution is -2.48. The van der Waals surface area contributed by atoms with E-state index in [0.717, 1.165) is 38.8 Å². The molecule has 0 saturated carbocycles. The summed E-state index contributed by atoms with van der Waals surface area (Å²) in [5.74, 6) is 0.454. The van der Waals surface area contributed by atoms with Crippen molar-refractivity contribution in [3.8, 4) is 0 Å². The second-order valence-electron chi connectivity index (χ2n) is 5.44. The highest BCUT2D eigenvalue weighted by atomic mass is 16.3. The van der Waals surface area contributed by atoms with Crippen LogP contribution in [0.3, 0.4) is 0 Å². The number of benzene rings is 1. The Hall–Kier alpha value is -1.02. The Bertz CT molecular complexity index is 351. The summed E-state index contributed by atoms with van der Waals surface area (Å²) in [5.41, 5.74) is 0.846. The molecule has 1 heterocycles. The quantitative estimate of drug-likeness (QED) is 0.881. The van der Waals surface area contributed by atoms with E-state index in [1.807, 2.05) is 6.07 Å². The van der Waals surface area contributed by atoms with E-state index in [1.165, 1.54) is 5.69 Å². The maximum Gasteiger partial charge on any atom is 0.0709 e. The number of rotatable bonds is 4. The number of para-hydroxylation sites is 1. The van der Waals surface area contributed by atoms with Crippen molar-refractivity contribution in [2.45, 2.75) is 45.1 Å². The Morgan fingerprint density at radius 2 is 1.67 bits per heavy atom. The lowest BCUT2D eigenvalue weighted by molar-refractivity contribution is -0.0419. The van der Waals surface area contributed by atoms with E-state index >= 15 is 0 Å². The van der Waals surface area contributed by atoms with E-state index in [0.29, 0.717) is 5.92 Å². The molecule has 2 nitrogen and oxygen atoms in total. The second-order valence-corrected chi connectivity index (χ2v) is 5.44. The van der Waals surface area contributed by atoms with Crippen molar-refractivity contribution in [1.82, 2.24) is 0 Å². The molecule has 2 heteroatoms. The van der Waals surface area contributed by atoms with Crippen molar-refractivity contribution >= 4 is 5.69 Å².